The van der Waals surface area contributed by atoms with E-state index in [1.165, 1.54) is 21.7 Å². The summed E-state index contributed by atoms with van der Waals surface area (Å²) < 4.78 is 1.97. The maximum Gasteiger partial charge on any atom is 0.225 e. The standard InChI is InChI=1S/C23H26N4OS/c1-2-29-20-7-5-17(6-8-20)19-15-22-21(9-10-24-27(22)16-19)25-11-13-26(14-12-25)23(28)18-3-4-18/h5-10,15-16,18H,2-4,11-14H2,1H3. The van der Waals surface area contributed by atoms with Gasteiger partial charge >= 0.3 is 0 Å². The van der Waals surface area contributed by atoms with E-state index in [2.05, 4.69) is 59.5 Å². The van der Waals surface area contributed by atoms with Crippen molar-refractivity contribution < 1.29 is 4.79 Å². The highest BCUT2D eigenvalue weighted by molar-refractivity contribution is 7.99. The smallest absolute Gasteiger partial charge is 0.225 e. The molecule has 1 saturated heterocycles. The van der Waals surface area contributed by atoms with Crippen LogP contribution >= 0.6 is 11.8 Å². The molecule has 1 saturated carbocycles. The lowest BCUT2D eigenvalue weighted by molar-refractivity contribution is -0.132. The average molecular weight is 407 g/mol. The molecule has 1 aliphatic heterocycles. The fourth-order valence-corrected chi connectivity index (χ4v) is 4.75. The number of hydrogen-bond acceptors (Lipinski definition) is 4. The van der Waals surface area contributed by atoms with Crippen LogP contribution in [0.15, 0.2) is 53.7 Å². The van der Waals surface area contributed by atoms with Crippen LogP contribution in [0.3, 0.4) is 0 Å². The molecular weight excluding hydrogens is 380 g/mol. The molecule has 2 aromatic heterocycles. The third-order valence-electron chi connectivity index (χ3n) is 5.84. The molecular formula is C23H26N4OS. The number of carbonyl (C=O) groups is 1. The molecule has 3 aromatic rings. The number of nitrogens with zero attached hydrogens (tertiary/aromatic N) is 4. The van der Waals surface area contributed by atoms with Gasteiger partial charge in [-0.15, -0.1) is 11.8 Å². The number of piperazine rings is 1. The van der Waals surface area contributed by atoms with Crippen LogP contribution in [-0.2, 0) is 4.79 Å². The number of aromatic nitrogens is 2. The van der Waals surface area contributed by atoms with Crippen LogP contribution < -0.4 is 4.90 Å². The van der Waals surface area contributed by atoms with Crippen LogP contribution in [0.25, 0.3) is 16.6 Å². The van der Waals surface area contributed by atoms with Gasteiger partial charge in [-0.3, -0.25) is 4.79 Å². The van der Waals surface area contributed by atoms with Crippen molar-refractivity contribution in [3.05, 3.63) is 48.8 Å². The van der Waals surface area contributed by atoms with Gasteiger partial charge in [-0.05, 0) is 48.4 Å². The third kappa shape index (κ3) is 3.73. The number of benzene rings is 1. The summed E-state index contributed by atoms with van der Waals surface area (Å²) in [5.74, 6) is 1.76. The molecule has 0 radical (unpaired) electrons. The third-order valence-corrected chi connectivity index (χ3v) is 6.74. The molecule has 0 atom stereocenters. The molecule has 2 fully saturated rings. The van der Waals surface area contributed by atoms with Crippen molar-refractivity contribution in [2.45, 2.75) is 24.7 Å². The summed E-state index contributed by atoms with van der Waals surface area (Å²) >= 11 is 1.86. The minimum atomic E-state index is 0.310. The van der Waals surface area contributed by atoms with Gasteiger partial charge in [-0.1, -0.05) is 19.1 Å². The lowest BCUT2D eigenvalue weighted by Crippen LogP contribution is -2.49. The molecule has 5 nitrogen and oxygen atoms in total. The van der Waals surface area contributed by atoms with Gasteiger partial charge in [0.05, 0.1) is 11.2 Å². The first-order valence-corrected chi connectivity index (χ1v) is 11.5. The average Bonchev–Trinajstić information content (AvgIpc) is 3.52. The first kappa shape index (κ1) is 18.6. The first-order chi connectivity index (χ1) is 14.2. The van der Waals surface area contributed by atoms with Gasteiger partial charge in [-0.2, -0.15) is 5.10 Å². The zero-order valence-electron chi connectivity index (χ0n) is 16.8. The molecule has 150 valence electrons. The Balaban J connectivity index is 1.37. The van der Waals surface area contributed by atoms with Gasteiger partial charge in [0, 0.05) is 54.9 Å². The Labute approximate surface area is 175 Å². The normalized spacial score (nSPS) is 17.1. The Hall–Kier alpha value is -2.47. The maximum atomic E-state index is 12.3. The summed E-state index contributed by atoms with van der Waals surface area (Å²) in [6, 6.07) is 13.1. The molecule has 5 rings (SSSR count). The van der Waals surface area contributed by atoms with Crippen LogP contribution in [0.4, 0.5) is 5.69 Å². The monoisotopic (exact) mass is 406 g/mol. The topological polar surface area (TPSA) is 40.8 Å². The highest BCUT2D eigenvalue weighted by atomic mass is 32.2. The van der Waals surface area contributed by atoms with Gasteiger partial charge in [0.2, 0.25) is 5.91 Å². The van der Waals surface area contributed by atoms with Crippen LogP contribution in [0, 0.1) is 5.92 Å². The Morgan fingerprint density at radius 1 is 1.07 bits per heavy atom. The zero-order valence-corrected chi connectivity index (χ0v) is 17.6. The van der Waals surface area contributed by atoms with Crippen molar-refractivity contribution >= 4 is 28.9 Å². The van der Waals surface area contributed by atoms with Crippen molar-refractivity contribution in [3.8, 4) is 11.1 Å². The fourth-order valence-electron chi connectivity index (χ4n) is 4.09. The second-order valence-corrected chi connectivity index (χ2v) is 9.16. The largest absolute Gasteiger partial charge is 0.366 e. The first-order valence-electron chi connectivity index (χ1n) is 10.5. The van der Waals surface area contributed by atoms with E-state index in [1.54, 1.807) is 0 Å². The molecule has 1 aliphatic carbocycles. The minimum Gasteiger partial charge on any atom is -0.366 e. The molecule has 0 bridgehead atoms. The predicted molar refractivity (Wildman–Crippen MR) is 119 cm³/mol. The summed E-state index contributed by atoms with van der Waals surface area (Å²) in [6.07, 6.45) is 6.13. The Morgan fingerprint density at radius 2 is 1.83 bits per heavy atom. The van der Waals surface area contributed by atoms with Crippen LogP contribution in [0.5, 0.6) is 0 Å². The summed E-state index contributed by atoms with van der Waals surface area (Å²) in [5, 5.41) is 4.53. The summed E-state index contributed by atoms with van der Waals surface area (Å²) in [6.45, 7) is 5.55. The minimum absolute atomic E-state index is 0.310. The number of carbonyl (C=O) groups excluding carboxylic acids is 1. The number of rotatable bonds is 5. The highest BCUT2D eigenvalue weighted by Gasteiger charge is 2.34. The molecule has 3 heterocycles. The van der Waals surface area contributed by atoms with Crippen molar-refractivity contribution in [1.29, 1.82) is 0 Å². The quantitative estimate of drug-likeness (QED) is 0.596. The van der Waals surface area contributed by atoms with E-state index < -0.39 is 0 Å². The van der Waals surface area contributed by atoms with Gasteiger partial charge in [0.1, 0.15) is 0 Å². The molecule has 1 amide bonds. The van der Waals surface area contributed by atoms with Gasteiger partial charge in [-0.25, -0.2) is 4.52 Å². The van der Waals surface area contributed by atoms with Crippen molar-refractivity contribution in [2.24, 2.45) is 5.92 Å². The summed E-state index contributed by atoms with van der Waals surface area (Å²) in [7, 11) is 0. The number of anilines is 1. The molecule has 0 spiro atoms. The lowest BCUT2D eigenvalue weighted by atomic mass is 10.1. The SMILES string of the molecule is CCSc1ccc(-c2cc3c(N4CCN(C(=O)C5CC5)CC4)ccnn3c2)cc1. The van der Waals surface area contributed by atoms with E-state index in [9.17, 15) is 4.79 Å². The zero-order chi connectivity index (χ0) is 19.8. The van der Waals surface area contributed by atoms with Gasteiger partial charge in [0.25, 0.3) is 0 Å². The maximum absolute atomic E-state index is 12.3. The number of fused-ring (bicyclic) bond motifs is 1. The fraction of sp³-hybridized carbons (Fsp3) is 0.391. The molecule has 6 heteroatoms. The Morgan fingerprint density at radius 3 is 2.52 bits per heavy atom. The van der Waals surface area contributed by atoms with Crippen molar-refractivity contribution in [1.82, 2.24) is 14.5 Å². The number of amides is 1. The molecule has 29 heavy (non-hydrogen) atoms. The molecule has 2 aliphatic rings. The molecule has 1 aromatic carbocycles. The summed E-state index contributed by atoms with van der Waals surface area (Å²) in [5.41, 5.74) is 4.71. The Bertz CT molecular complexity index is 1020. The van der Waals surface area contributed by atoms with E-state index in [0.717, 1.165) is 50.3 Å². The van der Waals surface area contributed by atoms with Gasteiger partial charge < -0.3 is 9.80 Å². The van der Waals surface area contributed by atoms with E-state index in [4.69, 9.17) is 0 Å². The lowest BCUT2D eigenvalue weighted by Gasteiger charge is -2.36. The molecule has 0 unspecified atom stereocenters. The van der Waals surface area contributed by atoms with E-state index in [1.807, 2.05) is 27.4 Å². The van der Waals surface area contributed by atoms with E-state index in [-0.39, 0.29) is 0 Å². The van der Waals surface area contributed by atoms with Gasteiger partial charge in [0.15, 0.2) is 0 Å². The second-order valence-electron chi connectivity index (χ2n) is 7.82. The van der Waals surface area contributed by atoms with Crippen molar-refractivity contribution in [2.75, 3.05) is 36.8 Å². The number of hydrogen-bond donors (Lipinski definition) is 0. The van der Waals surface area contributed by atoms with Crippen molar-refractivity contribution in [3.63, 3.8) is 0 Å². The van der Waals surface area contributed by atoms with Crippen LogP contribution in [0.1, 0.15) is 19.8 Å². The van der Waals surface area contributed by atoms with E-state index in [0.29, 0.717) is 11.8 Å². The molecule has 0 N–H and O–H groups in total. The van der Waals surface area contributed by atoms with E-state index >= 15 is 0 Å². The summed E-state index contributed by atoms with van der Waals surface area (Å²) in [4.78, 5) is 18.1. The van der Waals surface area contributed by atoms with Crippen LogP contribution in [-0.4, -0.2) is 52.4 Å². The second kappa shape index (κ2) is 7.75. The highest BCUT2D eigenvalue weighted by Crippen LogP contribution is 2.33. The number of thioether (sulfide) groups is 1. The van der Waals surface area contributed by atoms with Crippen LogP contribution in [0.2, 0.25) is 0 Å². The Kier molecular flexibility index (Phi) is 4.96. The predicted octanol–water partition coefficient (Wildman–Crippen LogP) is 4.17.